The van der Waals surface area contributed by atoms with Crippen LogP contribution in [0.2, 0.25) is 5.02 Å². The molecule has 0 spiro atoms. The molecule has 2 aromatic carbocycles. The molecular weight excluding hydrogens is 430 g/mol. The first-order valence-electron chi connectivity index (χ1n) is 10.1. The van der Waals surface area contributed by atoms with Crippen LogP contribution < -0.4 is 4.74 Å². The van der Waals surface area contributed by atoms with Crippen LogP contribution in [0.1, 0.15) is 22.3 Å². The number of ether oxygens (including phenoxy) is 3. The van der Waals surface area contributed by atoms with Crippen molar-refractivity contribution in [2.75, 3.05) is 13.7 Å². The van der Waals surface area contributed by atoms with E-state index in [-0.39, 0.29) is 18.7 Å². The van der Waals surface area contributed by atoms with Crippen molar-refractivity contribution < 1.29 is 19.0 Å². The summed E-state index contributed by atoms with van der Waals surface area (Å²) >= 11 is 6.73. The van der Waals surface area contributed by atoms with Gasteiger partial charge in [0, 0.05) is 5.39 Å². The number of benzene rings is 2. The number of carbonyl (C=O) groups excluding carboxylic acids is 1. The lowest BCUT2D eigenvalue weighted by molar-refractivity contribution is -0.0235. The van der Waals surface area contributed by atoms with Crippen molar-refractivity contribution in [1.29, 1.82) is 0 Å². The highest BCUT2D eigenvalue weighted by Crippen LogP contribution is 2.36. The molecule has 1 aliphatic heterocycles. The molecule has 0 saturated carbocycles. The second-order valence-corrected chi connectivity index (χ2v) is 7.83. The summed E-state index contributed by atoms with van der Waals surface area (Å²) in [6, 6.07) is 14.4. The number of hydrogen-bond donors (Lipinski definition) is 0. The molecule has 2 aromatic heterocycles. The number of methoxy groups -OCH3 is 1. The number of carbonyl (C=O) groups is 1. The monoisotopic (exact) mass is 449 g/mol. The van der Waals surface area contributed by atoms with E-state index < -0.39 is 6.23 Å². The first-order chi connectivity index (χ1) is 15.5. The van der Waals surface area contributed by atoms with Gasteiger partial charge in [0.2, 0.25) is 0 Å². The number of hydrogen-bond acceptors (Lipinski definition) is 6. The van der Waals surface area contributed by atoms with Gasteiger partial charge in [-0.2, -0.15) is 5.10 Å². The van der Waals surface area contributed by atoms with Crippen molar-refractivity contribution in [3.8, 4) is 5.75 Å². The molecule has 2 atom stereocenters. The summed E-state index contributed by atoms with van der Waals surface area (Å²) in [5.41, 5.74) is 2.61. The van der Waals surface area contributed by atoms with E-state index in [9.17, 15) is 4.79 Å². The van der Waals surface area contributed by atoms with Gasteiger partial charge in [-0.25, -0.2) is 14.5 Å². The predicted molar refractivity (Wildman–Crippen MR) is 121 cm³/mol. The van der Waals surface area contributed by atoms with Crippen LogP contribution >= 0.6 is 11.6 Å². The smallest absolute Gasteiger partial charge is 0.338 e. The fourth-order valence-corrected chi connectivity index (χ4v) is 4.15. The number of aromatic nitrogens is 3. The maximum Gasteiger partial charge on any atom is 0.338 e. The third kappa shape index (κ3) is 3.59. The Morgan fingerprint density at radius 1 is 1.19 bits per heavy atom. The summed E-state index contributed by atoms with van der Waals surface area (Å²) in [6.07, 6.45) is 2.87. The van der Waals surface area contributed by atoms with Crippen molar-refractivity contribution in [2.45, 2.75) is 19.3 Å². The van der Waals surface area contributed by atoms with Gasteiger partial charge in [0.15, 0.2) is 11.9 Å². The molecule has 7 nitrogen and oxygen atoms in total. The van der Waals surface area contributed by atoms with Crippen LogP contribution in [0.25, 0.3) is 21.9 Å². The zero-order valence-electron chi connectivity index (χ0n) is 17.5. The van der Waals surface area contributed by atoms with Crippen LogP contribution in [0.5, 0.6) is 5.75 Å². The van der Waals surface area contributed by atoms with Crippen LogP contribution in [0.4, 0.5) is 0 Å². The van der Waals surface area contributed by atoms with Gasteiger partial charge >= 0.3 is 5.97 Å². The van der Waals surface area contributed by atoms with E-state index in [0.29, 0.717) is 22.0 Å². The van der Waals surface area contributed by atoms with Gasteiger partial charge in [-0.3, -0.25) is 0 Å². The van der Waals surface area contributed by atoms with Gasteiger partial charge in [0.05, 0.1) is 34.3 Å². The quantitative estimate of drug-likeness (QED) is 0.320. The van der Waals surface area contributed by atoms with Crippen molar-refractivity contribution in [3.05, 3.63) is 77.0 Å². The second kappa shape index (κ2) is 8.26. The molecule has 3 heterocycles. The maximum absolute atomic E-state index is 12.2. The van der Waals surface area contributed by atoms with Crippen LogP contribution in [0, 0.1) is 6.92 Å². The van der Waals surface area contributed by atoms with Gasteiger partial charge < -0.3 is 14.2 Å². The molecular formula is C24H20ClN3O4. The molecule has 32 heavy (non-hydrogen) atoms. The number of halogens is 1. The van der Waals surface area contributed by atoms with E-state index in [2.05, 4.69) is 5.10 Å². The minimum Gasteiger partial charge on any atom is -0.497 e. The van der Waals surface area contributed by atoms with E-state index in [1.54, 1.807) is 36.1 Å². The van der Waals surface area contributed by atoms with Crippen LogP contribution in [0.15, 0.2) is 60.7 Å². The molecule has 0 radical (unpaired) electrons. The maximum atomic E-state index is 12.2. The molecule has 4 aromatic rings. The van der Waals surface area contributed by atoms with Gasteiger partial charge in [0.1, 0.15) is 18.5 Å². The van der Waals surface area contributed by atoms with Gasteiger partial charge in [-0.1, -0.05) is 35.9 Å². The highest BCUT2D eigenvalue weighted by molar-refractivity contribution is 6.40. The minimum absolute atomic E-state index is 0.107. The molecule has 0 N–H and O–H groups in total. The highest BCUT2D eigenvalue weighted by atomic mass is 35.5. The summed E-state index contributed by atoms with van der Waals surface area (Å²) in [4.78, 5) is 17.0. The van der Waals surface area contributed by atoms with Crippen molar-refractivity contribution in [3.63, 3.8) is 0 Å². The molecule has 5 rings (SSSR count). The number of pyridine rings is 1. The largest absolute Gasteiger partial charge is 0.497 e. The van der Waals surface area contributed by atoms with Crippen molar-refractivity contribution in [1.82, 2.24) is 14.8 Å². The average Bonchev–Trinajstić information content (AvgIpc) is 3.42. The summed E-state index contributed by atoms with van der Waals surface area (Å²) in [5, 5.41) is 6.77. The molecule has 0 saturated heterocycles. The number of fused-ring (bicyclic) bond motifs is 2. The van der Waals surface area contributed by atoms with E-state index >= 15 is 0 Å². The number of nitrogens with zero attached hydrogens (tertiary/aromatic N) is 3. The third-order valence-corrected chi connectivity index (χ3v) is 5.77. The van der Waals surface area contributed by atoms with Gasteiger partial charge in [0.25, 0.3) is 0 Å². The van der Waals surface area contributed by atoms with Gasteiger partial charge in [-0.05, 0) is 43.3 Å². The Morgan fingerprint density at radius 3 is 2.78 bits per heavy atom. The van der Waals surface area contributed by atoms with E-state index in [1.165, 1.54) is 0 Å². The summed E-state index contributed by atoms with van der Waals surface area (Å²) < 4.78 is 18.5. The minimum atomic E-state index is -0.481. The summed E-state index contributed by atoms with van der Waals surface area (Å²) in [7, 11) is 1.61. The Labute approximate surface area is 189 Å². The first kappa shape index (κ1) is 20.5. The Kier molecular flexibility index (Phi) is 5.28. The molecule has 1 aliphatic rings. The summed E-state index contributed by atoms with van der Waals surface area (Å²) in [5.74, 6) is 0.322. The van der Waals surface area contributed by atoms with Gasteiger partial charge in [-0.15, -0.1) is 0 Å². The first-order valence-corrected chi connectivity index (χ1v) is 10.5. The number of aryl methyl sites for hydroxylation is 1. The van der Waals surface area contributed by atoms with Crippen LogP contribution in [0.3, 0.4) is 0 Å². The van der Waals surface area contributed by atoms with Crippen LogP contribution in [-0.2, 0) is 9.47 Å². The molecule has 0 unspecified atom stereocenters. The Bertz CT molecular complexity index is 1350. The SMILES string of the molecule is COc1ccc2nc3c(c(C)nn3[C@H]3C=C[C@@H](COC(=O)c4ccccc4)O3)c(Cl)c2c1. The van der Waals surface area contributed by atoms with E-state index in [4.69, 9.17) is 30.8 Å². The Hall–Kier alpha value is -3.42. The highest BCUT2D eigenvalue weighted by Gasteiger charge is 2.26. The number of rotatable bonds is 5. The normalized spacial score (nSPS) is 17.8. The van der Waals surface area contributed by atoms with Crippen molar-refractivity contribution >= 4 is 39.5 Å². The molecule has 0 bridgehead atoms. The molecule has 0 amide bonds. The van der Waals surface area contributed by atoms with Crippen molar-refractivity contribution in [2.24, 2.45) is 0 Å². The zero-order valence-corrected chi connectivity index (χ0v) is 18.2. The average molecular weight is 450 g/mol. The lowest BCUT2D eigenvalue weighted by Gasteiger charge is -2.15. The second-order valence-electron chi connectivity index (χ2n) is 7.45. The lowest BCUT2D eigenvalue weighted by Crippen LogP contribution is -2.20. The summed E-state index contributed by atoms with van der Waals surface area (Å²) in [6.45, 7) is 1.99. The molecule has 0 fully saturated rings. The topological polar surface area (TPSA) is 75.5 Å². The molecule has 162 valence electrons. The van der Waals surface area contributed by atoms with E-state index in [1.807, 2.05) is 43.3 Å². The fraction of sp³-hybridized carbons (Fsp3) is 0.208. The standard InChI is InChI=1S/C24H20ClN3O4/c1-14-21-22(25)18-12-16(30-2)8-10-19(18)26-23(21)28(27-14)20-11-9-17(32-20)13-31-24(29)15-6-4-3-5-7-15/h3-12,17,20H,13H2,1-2H3/t17-,20+/m0/s1. The van der Waals surface area contributed by atoms with E-state index in [0.717, 1.165) is 22.0 Å². The zero-order chi connectivity index (χ0) is 22.2. The molecule has 0 aliphatic carbocycles. The Morgan fingerprint density at radius 2 is 2.00 bits per heavy atom. The fourth-order valence-electron chi connectivity index (χ4n) is 3.78. The predicted octanol–water partition coefficient (Wildman–Crippen LogP) is 4.87. The lowest BCUT2D eigenvalue weighted by atomic mass is 10.1. The third-order valence-electron chi connectivity index (χ3n) is 5.38. The van der Waals surface area contributed by atoms with Crippen LogP contribution in [-0.4, -0.2) is 40.6 Å². The number of esters is 1. The Balaban J connectivity index is 1.38. The molecule has 8 heteroatoms.